The standard InChI is InChI=1S/C21H22FN3O3S/c1-4-25-20(14(2)28-18-7-5-6-17(12-18)27-3)23-24-21(25)29-13-19(26)15-8-10-16(22)11-9-15/h5-12,14H,4,13H2,1-3H3. The van der Waals surface area contributed by atoms with Gasteiger partial charge in [0.25, 0.3) is 0 Å². The minimum absolute atomic E-state index is 0.0946. The van der Waals surface area contributed by atoms with Gasteiger partial charge < -0.3 is 14.0 Å². The van der Waals surface area contributed by atoms with Gasteiger partial charge in [0.2, 0.25) is 0 Å². The highest BCUT2D eigenvalue weighted by atomic mass is 32.2. The van der Waals surface area contributed by atoms with Gasteiger partial charge in [-0.15, -0.1) is 10.2 Å². The number of rotatable bonds is 9. The average Bonchev–Trinajstić information content (AvgIpc) is 3.15. The van der Waals surface area contributed by atoms with Gasteiger partial charge in [-0.3, -0.25) is 4.79 Å². The van der Waals surface area contributed by atoms with E-state index < -0.39 is 0 Å². The van der Waals surface area contributed by atoms with Crippen molar-refractivity contribution in [3.63, 3.8) is 0 Å². The number of halogens is 1. The maximum absolute atomic E-state index is 13.0. The first-order valence-corrected chi connectivity index (χ1v) is 10.2. The zero-order chi connectivity index (χ0) is 20.8. The molecule has 0 aliphatic heterocycles. The van der Waals surface area contributed by atoms with Crippen LogP contribution in [0.2, 0.25) is 0 Å². The third-order valence-corrected chi connectivity index (χ3v) is 5.24. The maximum atomic E-state index is 13.0. The fourth-order valence-corrected chi connectivity index (χ4v) is 3.69. The zero-order valence-corrected chi connectivity index (χ0v) is 17.3. The van der Waals surface area contributed by atoms with Crippen LogP contribution in [0.1, 0.15) is 36.1 Å². The zero-order valence-electron chi connectivity index (χ0n) is 16.5. The van der Waals surface area contributed by atoms with Crippen molar-refractivity contribution in [1.82, 2.24) is 14.8 Å². The molecule has 0 N–H and O–H groups in total. The number of benzene rings is 2. The van der Waals surface area contributed by atoms with Crippen molar-refractivity contribution in [2.45, 2.75) is 31.7 Å². The molecule has 1 atom stereocenters. The highest BCUT2D eigenvalue weighted by Crippen LogP contribution is 2.27. The van der Waals surface area contributed by atoms with E-state index in [1.807, 2.05) is 36.6 Å². The van der Waals surface area contributed by atoms with E-state index in [0.717, 1.165) is 0 Å². The third kappa shape index (κ3) is 5.14. The number of hydrogen-bond acceptors (Lipinski definition) is 6. The second-order valence-corrected chi connectivity index (χ2v) is 7.19. The molecule has 0 amide bonds. The maximum Gasteiger partial charge on any atom is 0.191 e. The molecule has 0 saturated heterocycles. The monoisotopic (exact) mass is 415 g/mol. The van der Waals surface area contributed by atoms with Gasteiger partial charge in [0, 0.05) is 18.2 Å². The average molecular weight is 415 g/mol. The Morgan fingerprint density at radius 2 is 1.90 bits per heavy atom. The molecule has 3 rings (SSSR count). The number of carbonyl (C=O) groups excluding carboxylic acids is 1. The normalized spacial score (nSPS) is 11.9. The lowest BCUT2D eigenvalue weighted by Gasteiger charge is -2.16. The number of aromatic nitrogens is 3. The lowest BCUT2D eigenvalue weighted by atomic mass is 10.1. The molecule has 0 aliphatic carbocycles. The summed E-state index contributed by atoms with van der Waals surface area (Å²) in [6.45, 7) is 4.52. The molecule has 0 radical (unpaired) electrons. The molecule has 0 spiro atoms. The van der Waals surface area contributed by atoms with E-state index in [0.29, 0.717) is 34.6 Å². The number of Topliss-reactive ketones (excluding diaryl/α,β-unsaturated/α-hetero) is 1. The molecule has 0 aliphatic rings. The van der Waals surface area contributed by atoms with Crippen LogP contribution in [0, 0.1) is 5.82 Å². The van der Waals surface area contributed by atoms with Crippen LogP contribution in [0.25, 0.3) is 0 Å². The van der Waals surface area contributed by atoms with Crippen molar-refractivity contribution in [3.8, 4) is 11.5 Å². The van der Waals surface area contributed by atoms with Crippen LogP contribution in [-0.4, -0.2) is 33.4 Å². The molecule has 2 aromatic carbocycles. The topological polar surface area (TPSA) is 66.2 Å². The molecular formula is C21H22FN3O3S. The molecular weight excluding hydrogens is 393 g/mol. The van der Waals surface area contributed by atoms with Crippen LogP contribution in [0.5, 0.6) is 11.5 Å². The first-order valence-electron chi connectivity index (χ1n) is 9.17. The lowest BCUT2D eigenvalue weighted by Crippen LogP contribution is -2.12. The number of hydrogen-bond donors (Lipinski definition) is 0. The van der Waals surface area contributed by atoms with E-state index in [1.54, 1.807) is 13.2 Å². The number of ether oxygens (including phenoxy) is 2. The molecule has 1 unspecified atom stereocenters. The van der Waals surface area contributed by atoms with Crippen LogP contribution in [0.15, 0.2) is 53.7 Å². The van der Waals surface area contributed by atoms with Gasteiger partial charge in [-0.1, -0.05) is 17.8 Å². The summed E-state index contributed by atoms with van der Waals surface area (Å²) in [5.74, 6) is 1.78. The van der Waals surface area contributed by atoms with Crippen LogP contribution in [0.3, 0.4) is 0 Å². The van der Waals surface area contributed by atoms with Gasteiger partial charge in [-0.25, -0.2) is 4.39 Å². The smallest absolute Gasteiger partial charge is 0.191 e. The lowest BCUT2D eigenvalue weighted by molar-refractivity contribution is 0.102. The highest BCUT2D eigenvalue weighted by molar-refractivity contribution is 7.99. The quantitative estimate of drug-likeness (QED) is 0.377. The Labute approximate surface area is 173 Å². The third-order valence-electron chi connectivity index (χ3n) is 4.28. The van der Waals surface area contributed by atoms with Crippen LogP contribution < -0.4 is 9.47 Å². The van der Waals surface area contributed by atoms with Crippen molar-refractivity contribution >= 4 is 17.5 Å². The molecule has 6 nitrogen and oxygen atoms in total. The van der Waals surface area contributed by atoms with Gasteiger partial charge in [0.05, 0.1) is 12.9 Å². The van der Waals surface area contributed by atoms with E-state index in [9.17, 15) is 9.18 Å². The Balaban J connectivity index is 1.68. The van der Waals surface area contributed by atoms with E-state index in [4.69, 9.17) is 9.47 Å². The number of carbonyl (C=O) groups is 1. The molecule has 3 aromatic rings. The SMILES string of the molecule is CCn1c(SCC(=O)c2ccc(F)cc2)nnc1C(C)Oc1cccc(OC)c1. The van der Waals surface area contributed by atoms with E-state index in [1.165, 1.54) is 36.0 Å². The first-order chi connectivity index (χ1) is 14.0. The number of nitrogens with zero attached hydrogens (tertiary/aromatic N) is 3. The minimum atomic E-state index is -0.366. The number of ketones is 1. The Morgan fingerprint density at radius 3 is 2.59 bits per heavy atom. The Hall–Kier alpha value is -2.87. The van der Waals surface area contributed by atoms with E-state index in [2.05, 4.69) is 10.2 Å². The second kappa shape index (κ2) is 9.56. The number of thioether (sulfide) groups is 1. The Kier molecular flexibility index (Phi) is 6.87. The van der Waals surface area contributed by atoms with Crippen LogP contribution in [0.4, 0.5) is 4.39 Å². The van der Waals surface area contributed by atoms with Crippen molar-refractivity contribution in [1.29, 1.82) is 0 Å². The highest BCUT2D eigenvalue weighted by Gasteiger charge is 2.20. The van der Waals surface area contributed by atoms with Gasteiger partial charge in [0.15, 0.2) is 22.9 Å². The van der Waals surface area contributed by atoms with Crippen molar-refractivity contribution in [2.75, 3.05) is 12.9 Å². The largest absolute Gasteiger partial charge is 0.497 e. The molecule has 29 heavy (non-hydrogen) atoms. The van der Waals surface area contributed by atoms with Gasteiger partial charge in [0.1, 0.15) is 17.3 Å². The molecule has 8 heteroatoms. The molecule has 0 saturated carbocycles. The van der Waals surface area contributed by atoms with E-state index >= 15 is 0 Å². The summed E-state index contributed by atoms with van der Waals surface area (Å²) in [6.07, 6.45) is -0.336. The van der Waals surface area contributed by atoms with Gasteiger partial charge >= 0.3 is 0 Å². The predicted octanol–water partition coefficient (Wildman–Crippen LogP) is 4.56. The van der Waals surface area contributed by atoms with Gasteiger partial charge in [-0.2, -0.15) is 0 Å². The first kappa shape index (κ1) is 20.9. The molecule has 152 valence electrons. The van der Waals surface area contributed by atoms with E-state index in [-0.39, 0.29) is 23.5 Å². The summed E-state index contributed by atoms with van der Waals surface area (Å²) in [7, 11) is 1.60. The van der Waals surface area contributed by atoms with Crippen LogP contribution in [-0.2, 0) is 6.54 Å². The molecule has 1 aromatic heterocycles. The summed E-state index contributed by atoms with van der Waals surface area (Å²) >= 11 is 1.30. The summed E-state index contributed by atoms with van der Waals surface area (Å²) in [5, 5.41) is 9.12. The fourth-order valence-electron chi connectivity index (χ4n) is 2.79. The summed E-state index contributed by atoms with van der Waals surface area (Å²) in [5.41, 5.74) is 0.469. The Bertz CT molecular complexity index is 976. The predicted molar refractivity (Wildman–Crippen MR) is 109 cm³/mol. The second-order valence-electron chi connectivity index (χ2n) is 6.24. The molecule has 0 bridgehead atoms. The van der Waals surface area contributed by atoms with Gasteiger partial charge in [-0.05, 0) is 50.2 Å². The van der Waals surface area contributed by atoms with Crippen molar-refractivity contribution < 1.29 is 18.7 Å². The molecule has 1 heterocycles. The fraction of sp³-hybridized carbons (Fsp3) is 0.286. The molecule has 0 fully saturated rings. The van der Waals surface area contributed by atoms with Crippen molar-refractivity contribution in [3.05, 3.63) is 65.7 Å². The summed E-state index contributed by atoms with van der Waals surface area (Å²) in [4.78, 5) is 12.3. The van der Waals surface area contributed by atoms with Crippen LogP contribution >= 0.6 is 11.8 Å². The summed E-state index contributed by atoms with van der Waals surface area (Å²) in [6, 6.07) is 12.9. The number of methoxy groups -OCH3 is 1. The minimum Gasteiger partial charge on any atom is -0.497 e. The summed E-state index contributed by atoms with van der Waals surface area (Å²) < 4.78 is 26.2. The Morgan fingerprint density at radius 1 is 1.17 bits per heavy atom. The van der Waals surface area contributed by atoms with Crippen molar-refractivity contribution in [2.24, 2.45) is 0 Å².